The second-order valence-electron chi connectivity index (χ2n) is 4.98. The number of benzene rings is 2. The first kappa shape index (κ1) is 16.8. The highest BCUT2D eigenvalue weighted by Crippen LogP contribution is 2.35. The van der Waals surface area contributed by atoms with Gasteiger partial charge in [0.25, 0.3) is 0 Å². The fourth-order valence-electron chi connectivity index (χ4n) is 1.73. The van der Waals surface area contributed by atoms with E-state index in [1.54, 1.807) is 6.07 Å². The van der Waals surface area contributed by atoms with Crippen LogP contribution in [0.15, 0.2) is 45.3 Å². The van der Waals surface area contributed by atoms with Gasteiger partial charge in [-0.25, -0.2) is 0 Å². The van der Waals surface area contributed by atoms with E-state index in [-0.39, 0.29) is 0 Å². The zero-order valence-electron chi connectivity index (χ0n) is 11.8. The molecule has 0 aliphatic rings. The van der Waals surface area contributed by atoms with Crippen molar-refractivity contribution in [1.82, 2.24) is 5.32 Å². The lowest BCUT2D eigenvalue weighted by Gasteiger charge is -2.12. The van der Waals surface area contributed by atoms with Crippen LogP contribution in [0.3, 0.4) is 0 Å². The molecule has 0 spiro atoms. The van der Waals surface area contributed by atoms with Crippen LogP contribution in [-0.2, 0) is 6.54 Å². The average molecular weight is 434 g/mol. The van der Waals surface area contributed by atoms with Crippen LogP contribution < -0.4 is 10.1 Å². The summed E-state index contributed by atoms with van der Waals surface area (Å²) in [6.45, 7) is 5.08. The maximum absolute atomic E-state index is 6.14. The molecule has 0 unspecified atom stereocenters. The number of rotatable bonds is 5. The molecule has 21 heavy (non-hydrogen) atoms. The molecule has 0 saturated carbocycles. The number of halogens is 3. The van der Waals surface area contributed by atoms with Crippen molar-refractivity contribution in [3.8, 4) is 11.5 Å². The Bertz CT molecular complexity index is 632. The topological polar surface area (TPSA) is 21.3 Å². The van der Waals surface area contributed by atoms with Crippen molar-refractivity contribution in [3.05, 3.63) is 55.9 Å². The normalized spacial score (nSPS) is 11.0. The van der Waals surface area contributed by atoms with E-state index in [4.69, 9.17) is 16.3 Å². The highest BCUT2D eigenvalue weighted by Gasteiger charge is 2.08. The number of nitrogens with one attached hydrogen (secondary N) is 1. The lowest BCUT2D eigenvalue weighted by Crippen LogP contribution is -2.21. The maximum atomic E-state index is 6.14. The third-order valence-electron chi connectivity index (χ3n) is 2.82. The fraction of sp³-hybridized carbons (Fsp3) is 0.250. The van der Waals surface area contributed by atoms with Gasteiger partial charge >= 0.3 is 0 Å². The van der Waals surface area contributed by atoms with Crippen LogP contribution >= 0.6 is 43.5 Å². The molecule has 0 saturated heterocycles. The summed E-state index contributed by atoms with van der Waals surface area (Å²) < 4.78 is 7.70. The second kappa shape index (κ2) is 7.63. The Hall–Kier alpha value is -0.550. The van der Waals surface area contributed by atoms with Gasteiger partial charge in [-0.15, -0.1) is 0 Å². The molecule has 0 amide bonds. The van der Waals surface area contributed by atoms with Gasteiger partial charge in [0.05, 0.1) is 9.50 Å². The first-order valence-electron chi connectivity index (χ1n) is 6.60. The molecular weight excluding hydrogens is 417 g/mol. The molecule has 2 nitrogen and oxygen atoms in total. The minimum atomic E-state index is 0.458. The Morgan fingerprint density at radius 1 is 1.10 bits per heavy atom. The summed E-state index contributed by atoms with van der Waals surface area (Å²) in [6.07, 6.45) is 0. The zero-order chi connectivity index (χ0) is 15.4. The third kappa shape index (κ3) is 4.99. The van der Waals surface area contributed by atoms with Gasteiger partial charge in [-0.2, -0.15) is 0 Å². The van der Waals surface area contributed by atoms with Gasteiger partial charge in [-0.3, -0.25) is 0 Å². The van der Waals surface area contributed by atoms with Crippen molar-refractivity contribution in [2.45, 2.75) is 26.4 Å². The molecule has 1 N–H and O–H groups in total. The summed E-state index contributed by atoms with van der Waals surface area (Å²) in [5.74, 6) is 1.36. The van der Waals surface area contributed by atoms with Gasteiger partial charge in [0, 0.05) is 17.1 Å². The molecule has 0 aliphatic carbocycles. The Morgan fingerprint density at radius 3 is 2.52 bits per heavy atom. The minimum absolute atomic E-state index is 0.458. The number of hydrogen-bond donors (Lipinski definition) is 1. The lowest BCUT2D eigenvalue weighted by atomic mass is 10.2. The average Bonchev–Trinajstić information content (AvgIpc) is 2.43. The van der Waals surface area contributed by atoms with E-state index in [9.17, 15) is 0 Å². The van der Waals surface area contributed by atoms with Crippen molar-refractivity contribution in [1.29, 1.82) is 0 Å². The molecular formula is C16H16Br2ClNO. The van der Waals surface area contributed by atoms with E-state index in [2.05, 4.69) is 57.1 Å². The maximum Gasteiger partial charge on any atom is 0.147 e. The second-order valence-corrected chi connectivity index (χ2v) is 7.15. The standard InChI is InChI=1S/C16H16Br2ClNO/c1-10(2)20-9-11-3-6-15(13(18)7-11)21-16-8-12(17)4-5-14(16)19/h3-8,10,20H,9H2,1-2H3. The Balaban J connectivity index is 2.15. The molecule has 0 heterocycles. The van der Waals surface area contributed by atoms with Crippen molar-refractivity contribution < 1.29 is 4.74 Å². The fourth-order valence-corrected chi connectivity index (χ4v) is 2.74. The molecule has 0 aromatic heterocycles. The molecule has 5 heteroatoms. The Morgan fingerprint density at radius 2 is 1.86 bits per heavy atom. The summed E-state index contributed by atoms with van der Waals surface area (Å²) in [6, 6.07) is 12.0. The quantitative estimate of drug-likeness (QED) is 0.610. The van der Waals surface area contributed by atoms with Gasteiger partial charge in [0.1, 0.15) is 11.5 Å². The smallest absolute Gasteiger partial charge is 0.147 e. The highest BCUT2D eigenvalue weighted by atomic mass is 79.9. The van der Waals surface area contributed by atoms with Gasteiger partial charge in [-0.1, -0.05) is 47.4 Å². The van der Waals surface area contributed by atoms with Crippen LogP contribution in [0.4, 0.5) is 0 Å². The monoisotopic (exact) mass is 431 g/mol. The van der Waals surface area contributed by atoms with Crippen LogP contribution in [-0.4, -0.2) is 6.04 Å². The lowest BCUT2D eigenvalue weighted by molar-refractivity contribution is 0.479. The van der Waals surface area contributed by atoms with E-state index < -0.39 is 0 Å². The summed E-state index contributed by atoms with van der Waals surface area (Å²) in [7, 11) is 0. The van der Waals surface area contributed by atoms with Crippen molar-refractivity contribution in [2.24, 2.45) is 0 Å². The molecule has 112 valence electrons. The van der Waals surface area contributed by atoms with E-state index in [1.165, 1.54) is 5.56 Å². The predicted molar refractivity (Wildman–Crippen MR) is 95.3 cm³/mol. The third-order valence-corrected chi connectivity index (χ3v) is 4.25. The van der Waals surface area contributed by atoms with E-state index >= 15 is 0 Å². The molecule has 0 aliphatic heterocycles. The summed E-state index contributed by atoms with van der Waals surface area (Å²) >= 11 is 13.1. The van der Waals surface area contributed by atoms with E-state index in [0.717, 1.165) is 21.2 Å². The van der Waals surface area contributed by atoms with E-state index in [0.29, 0.717) is 16.8 Å². The van der Waals surface area contributed by atoms with Gasteiger partial charge in [0.15, 0.2) is 0 Å². The van der Waals surface area contributed by atoms with E-state index in [1.807, 2.05) is 24.3 Å². The zero-order valence-corrected chi connectivity index (χ0v) is 15.7. The van der Waals surface area contributed by atoms with Crippen molar-refractivity contribution >= 4 is 43.5 Å². The van der Waals surface area contributed by atoms with Gasteiger partial charge in [-0.05, 0) is 51.8 Å². The molecule has 2 rings (SSSR count). The van der Waals surface area contributed by atoms with Crippen LogP contribution in [0.1, 0.15) is 19.4 Å². The minimum Gasteiger partial charge on any atom is -0.455 e. The van der Waals surface area contributed by atoms with Crippen LogP contribution in [0.25, 0.3) is 0 Å². The van der Waals surface area contributed by atoms with Crippen LogP contribution in [0.5, 0.6) is 11.5 Å². The first-order chi connectivity index (χ1) is 9.95. The Labute approximate surface area is 147 Å². The van der Waals surface area contributed by atoms with Crippen LogP contribution in [0.2, 0.25) is 5.02 Å². The largest absolute Gasteiger partial charge is 0.455 e. The number of ether oxygens (including phenoxy) is 1. The molecule has 0 atom stereocenters. The van der Waals surface area contributed by atoms with Gasteiger partial charge in [0.2, 0.25) is 0 Å². The highest BCUT2D eigenvalue weighted by molar-refractivity contribution is 9.10. The molecule has 0 bridgehead atoms. The first-order valence-corrected chi connectivity index (χ1v) is 8.57. The van der Waals surface area contributed by atoms with Crippen molar-refractivity contribution in [3.63, 3.8) is 0 Å². The molecule has 0 radical (unpaired) electrons. The molecule has 2 aromatic carbocycles. The molecule has 0 fully saturated rings. The van der Waals surface area contributed by atoms with Gasteiger partial charge < -0.3 is 10.1 Å². The summed E-state index contributed by atoms with van der Waals surface area (Å²) in [5, 5.41) is 3.97. The summed E-state index contributed by atoms with van der Waals surface area (Å²) in [5.41, 5.74) is 1.20. The molecule has 2 aromatic rings. The Kier molecular flexibility index (Phi) is 6.11. The predicted octanol–water partition coefficient (Wildman–Crippen LogP) is 6.16. The number of hydrogen-bond acceptors (Lipinski definition) is 2. The van der Waals surface area contributed by atoms with Crippen molar-refractivity contribution in [2.75, 3.05) is 0 Å². The van der Waals surface area contributed by atoms with Crippen LogP contribution in [0, 0.1) is 0 Å². The summed E-state index contributed by atoms with van der Waals surface area (Å²) in [4.78, 5) is 0. The SMILES string of the molecule is CC(C)NCc1ccc(Oc2cc(Br)ccc2Cl)c(Br)c1.